The van der Waals surface area contributed by atoms with Crippen molar-refractivity contribution in [3.8, 4) is 5.75 Å². The number of nitrogens with one attached hydrogen (secondary N) is 1. The minimum absolute atomic E-state index is 0.162. The number of piperidine rings is 1. The number of anilines is 1. The van der Waals surface area contributed by atoms with Crippen LogP contribution in [0.5, 0.6) is 5.75 Å². The average molecular weight is 346 g/mol. The lowest BCUT2D eigenvalue weighted by atomic mass is 9.97. The molecular weight excluding hydrogens is 324 g/mol. The maximum absolute atomic E-state index is 12.8. The first-order chi connectivity index (χ1) is 12.0. The van der Waals surface area contributed by atoms with Crippen LogP contribution in [0.3, 0.4) is 0 Å². The van der Waals surface area contributed by atoms with Gasteiger partial charge >= 0.3 is 5.97 Å². The zero-order chi connectivity index (χ0) is 18.0. The molecule has 0 bridgehead atoms. The quantitative estimate of drug-likeness (QED) is 0.844. The van der Waals surface area contributed by atoms with Gasteiger partial charge in [-0.15, -0.1) is 0 Å². The van der Waals surface area contributed by atoms with E-state index in [0.29, 0.717) is 36.7 Å². The van der Waals surface area contributed by atoms with Gasteiger partial charge < -0.3 is 19.7 Å². The molecule has 1 fully saturated rings. The zero-order valence-corrected chi connectivity index (χ0v) is 14.4. The summed E-state index contributed by atoms with van der Waals surface area (Å²) in [5.74, 6) is -0.381. The van der Waals surface area contributed by atoms with Crippen LogP contribution in [-0.2, 0) is 14.3 Å². The van der Waals surface area contributed by atoms with E-state index in [1.807, 2.05) is 0 Å². The van der Waals surface area contributed by atoms with Gasteiger partial charge in [-0.2, -0.15) is 0 Å². The van der Waals surface area contributed by atoms with Crippen LogP contribution >= 0.6 is 0 Å². The fourth-order valence-corrected chi connectivity index (χ4v) is 3.14. The Balaban J connectivity index is 1.74. The predicted octanol–water partition coefficient (Wildman–Crippen LogP) is 1.82. The van der Waals surface area contributed by atoms with Crippen LogP contribution < -0.4 is 10.1 Å². The number of nitrogens with zero attached hydrogens (tertiary/aromatic N) is 1. The van der Waals surface area contributed by atoms with Crippen LogP contribution in [0, 0.1) is 5.92 Å². The van der Waals surface area contributed by atoms with Crippen molar-refractivity contribution in [3.05, 3.63) is 23.8 Å². The summed E-state index contributed by atoms with van der Waals surface area (Å²) in [6.45, 7) is 4.74. The van der Waals surface area contributed by atoms with Crippen molar-refractivity contribution in [2.24, 2.45) is 5.92 Å². The first kappa shape index (κ1) is 17.3. The molecule has 0 saturated carbocycles. The predicted molar refractivity (Wildman–Crippen MR) is 90.4 cm³/mol. The highest BCUT2D eigenvalue weighted by molar-refractivity contribution is 6.01. The maximum atomic E-state index is 12.8. The van der Waals surface area contributed by atoms with E-state index >= 15 is 0 Å². The third-order valence-corrected chi connectivity index (χ3v) is 4.49. The molecule has 134 valence electrons. The second-order valence-electron chi connectivity index (χ2n) is 6.30. The van der Waals surface area contributed by atoms with Gasteiger partial charge in [-0.25, -0.2) is 0 Å². The van der Waals surface area contributed by atoms with Gasteiger partial charge in [0.15, 0.2) is 6.10 Å². The zero-order valence-electron chi connectivity index (χ0n) is 14.4. The van der Waals surface area contributed by atoms with E-state index in [1.54, 1.807) is 36.9 Å². The number of likely N-dealkylation sites (tertiary alicyclic amines) is 1. The van der Waals surface area contributed by atoms with E-state index in [-0.39, 0.29) is 23.7 Å². The number of hydrogen-bond donors (Lipinski definition) is 1. The van der Waals surface area contributed by atoms with Crippen LogP contribution in [0.25, 0.3) is 0 Å². The number of carbonyl (C=O) groups is 3. The van der Waals surface area contributed by atoms with Gasteiger partial charge in [-0.3, -0.25) is 14.4 Å². The Morgan fingerprint density at radius 3 is 2.96 bits per heavy atom. The minimum Gasteiger partial charge on any atom is -0.479 e. The Labute approximate surface area is 146 Å². The molecule has 0 aliphatic carbocycles. The number of amides is 2. The molecule has 1 N–H and O–H groups in total. The van der Waals surface area contributed by atoms with Gasteiger partial charge in [0.2, 0.25) is 0 Å². The molecule has 2 unspecified atom stereocenters. The number of esters is 1. The molecule has 2 aliphatic rings. The van der Waals surface area contributed by atoms with Gasteiger partial charge in [0, 0.05) is 18.7 Å². The molecule has 1 aromatic carbocycles. The molecule has 25 heavy (non-hydrogen) atoms. The number of ether oxygens (including phenoxy) is 2. The van der Waals surface area contributed by atoms with E-state index in [2.05, 4.69) is 5.32 Å². The van der Waals surface area contributed by atoms with Crippen LogP contribution in [0.15, 0.2) is 18.2 Å². The molecule has 3 rings (SSSR count). The molecule has 2 aliphatic heterocycles. The summed E-state index contributed by atoms with van der Waals surface area (Å²) in [5.41, 5.74) is 0.953. The van der Waals surface area contributed by atoms with Crippen molar-refractivity contribution in [1.82, 2.24) is 4.90 Å². The summed E-state index contributed by atoms with van der Waals surface area (Å²) in [6.07, 6.45) is 0.938. The van der Waals surface area contributed by atoms with Crippen LogP contribution in [-0.4, -0.2) is 48.5 Å². The van der Waals surface area contributed by atoms with E-state index in [0.717, 1.165) is 12.8 Å². The Morgan fingerprint density at radius 1 is 1.40 bits per heavy atom. The molecule has 1 saturated heterocycles. The molecule has 2 heterocycles. The lowest BCUT2D eigenvalue weighted by Gasteiger charge is -2.32. The van der Waals surface area contributed by atoms with Crippen molar-refractivity contribution in [2.75, 3.05) is 25.0 Å². The first-order valence-electron chi connectivity index (χ1n) is 8.57. The summed E-state index contributed by atoms with van der Waals surface area (Å²) >= 11 is 0. The Kier molecular flexibility index (Phi) is 4.92. The average Bonchev–Trinajstić information content (AvgIpc) is 2.62. The number of carbonyl (C=O) groups excluding carboxylic acids is 3. The minimum atomic E-state index is -0.554. The molecule has 0 spiro atoms. The Bertz CT molecular complexity index is 703. The highest BCUT2D eigenvalue weighted by Crippen LogP contribution is 2.31. The molecule has 0 radical (unpaired) electrons. The van der Waals surface area contributed by atoms with Crippen LogP contribution in [0.4, 0.5) is 5.69 Å². The van der Waals surface area contributed by atoms with Gasteiger partial charge in [0.1, 0.15) is 5.75 Å². The van der Waals surface area contributed by atoms with Crippen molar-refractivity contribution >= 4 is 23.5 Å². The van der Waals surface area contributed by atoms with E-state index in [9.17, 15) is 14.4 Å². The lowest BCUT2D eigenvalue weighted by Crippen LogP contribution is -2.43. The normalized spacial score (nSPS) is 22.5. The van der Waals surface area contributed by atoms with Crippen LogP contribution in [0.2, 0.25) is 0 Å². The fourth-order valence-electron chi connectivity index (χ4n) is 3.14. The molecule has 0 aromatic heterocycles. The number of benzene rings is 1. The lowest BCUT2D eigenvalue weighted by molar-refractivity contribution is -0.149. The summed E-state index contributed by atoms with van der Waals surface area (Å²) in [7, 11) is 0. The number of fused-ring (bicyclic) bond motifs is 1. The van der Waals surface area contributed by atoms with Crippen molar-refractivity contribution < 1.29 is 23.9 Å². The van der Waals surface area contributed by atoms with Gasteiger partial charge in [-0.1, -0.05) is 0 Å². The second kappa shape index (κ2) is 7.13. The monoisotopic (exact) mass is 346 g/mol. The number of rotatable bonds is 3. The third kappa shape index (κ3) is 3.60. The van der Waals surface area contributed by atoms with E-state index in [1.165, 1.54) is 0 Å². The highest BCUT2D eigenvalue weighted by Gasteiger charge is 2.31. The third-order valence-electron chi connectivity index (χ3n) is 4.49. The first-order valence-corrected chi connectivity index (χ1v) is 8.57. The molecule has 2 atom stereocenters. The second-order valence-corrected chi connectivity index (χ2v) is 6.30. The van der Waals surface area contributed by atoms with Crippen LogP contribution in [0.1, 0.15) is 37.0 Å². The summed E-state index contributed by atoms with van der Waals surface area (Å²) in [4.78, 5) is 38.1. The smallest absolute Gasteiger partial charge is 0.310 e. The van der Waals surface area contributed by atoms with Crippen molar-refractivity contribution in [1.29, 1.82) is 0 Å². The molecule has 7 nitrogen and oxygen atoms in total. The topological polar surface area (TPSA) is 84.9 Å². The molecule has 7 heteroatoms. The molecule has 1 aromatic rings. The van der Waals surface area contributed by atoms with Gasteiger partial charge in [0.25, 0.3) is 11.8 Å². The SMILES string of the molecule is CCOC(=O)C1CCCN(C(=O)c2ccc3c(c2)NC(=O)C(C)O3)C1. The van der Waals surface area contributed by atoms with E-state index < -0.39 is 6.10 Å². The van der Waals surface area contributed by atoms with Crippen molar-refractivity contribution in [3.63, 3.8) is 0 Å². The molecular formula is C18H22N2O5. The summed E-state index contributed by atoms with van der Waals surface area (Å²) in [5, 5.41) is 2.74. The summed E-state index contributed by atoms with van der Waals surface area (Å²) < 4.78 is 10.6. The highest BCUT2D eigenvalue weighted by atomic mass is 16.5. The standard InChI is InChI=1S/C18H22N2O5/c1-3-24-18(23)13-5-4-8-20(10-13)17(22)12-6-7-15-14(9-12)19-16(21)11(2)25-15/h6-7,9,11,13H,3-5,8,10H2,1-2H3,(H,19,21). The molecule has 2 amide bonds. The van der Waals surface area contributed by atoms with Crippen molar-refractivity contribution in [2.45, 2.75) is 32.8 Å². The maximum Gasteiger partial charge on any atom is 0.310 e. The fraction of sp³-hybridized carbons (Fsp3) is 0.500. The number of hydrogen-bond acceptors (Lipinski definition) is 5. The van der Waals surface area contributed by atoms with E-state index in [4.69, 9.17) is 9.47 Å². The van der Waals surface area contributed by atoms with Gasteiger partial charge in [-0.05, 0) is 44.9 Å². The Morgan fingerprint density at radius 2 is 2.20 bits per heavy atom. The Hall–Kier alpha value is -2.57. The summed E-state index contributed by atoms with van der Waals surface area (Å²) in [6, 6.07) is 4.99. The largest absolute Gasteiger partial charge is 0.479 e. The van der Waals surface area contributed by atoms with Gasteiger partial charge in [0.05, 0.1) is 18.2 Å².